The third-order valence-electron chi connectivity index (χ3n) is 8.86. The van der Waals surface area contributed by atoms with Gasteiger partial charge in [0.25, 0.3) is 0 Å². The van der Waals surface area contributed by atoms with E-state index in [1.54, 1.807) is 0 Å². The molecule has 0 N–H and O–H groups in total. The lowest BCUT2D eigenvalue weighted by Gasteiger charge is -2.24. The first-order valence-corrected chi connectivity index (χ1v) is 15.6. The van der Waals surface area contributed by atoms with Crippen LogP contribution < -0.4 is 0 Å². The van der Waals surface area contributed by atoms with E-state index < -0.39 is 0 Å². The molecule has 8 aromatic carbocycles. The van der Waals surface area contributed by atoms with Gasteiger partial charge in [-0.15, -0.1) is 0 Å². The van der Waals surface area contributed by atoms with E-state index >= 15 is 0 Å². The summed E-state index contributed by atoms with van der Waals surface area (Å²) in [5, 5.41) is 7.72. The van der Waals surface area contributed by atoms with Crippen molar-refractivity contribution in [1.29, 1.82) is 0 Å². The molecule has 0 saturated heterocycles. The van der Waals surface area contributed by atoms with E-state index in [1.807, 2.05) is 11.8 Å². The minimum Gasteiger partial charge on any atom is -0.0881 e. The Balaban J connectivity index is 1.44. The molecule has 43 heavy (non-hydrogen) atoms. The van der Waals surface area contributed by atoms with Crippen molar-refractivity contribution in [3.8, 4) is 44.5 Å². The minimum absolute atomic E-state index is 1.25. The molecule has 1 heteroatoms. The molecule has 0 bridgehead atoms. The first kappa shape index (κ1) is 24.5. The van der Waals surface area contributed by atoms with Gasteiger partial charge in [0.2, 0.25) is 0 Å². The van der Waals surface area contributed by atoms with E-state index in [2.05, 4.69) is 158 Å². The summed E-state index contributed by atoms with van der Waals surface area (Å²) in [6.07, 6.45) is 0. The van der Waals surface area contributed by atoms with Gasteiger partial charge in [0.15, 0.2) is 0 Å². The van der Waals surface area contributed by atoms with Gasteiger partial charge in [0.05, 0.1) is 0 Å². The molecule has 8 aromatic rings. The van der Waals surface area contributed by atoms with Crippen molar-refractivity contribution >= 4 is 44.1 Å². The van der Waals surface area contributed by atoms with Gasteiger partial charge < -0.3 is 0 Å². The van der Waals surface area contributed by atoms with Crippen molar-refractivity contribution in [2.24, 2.45) is 0 Å². The number of benzene rings is 8. The third-order valence-corrected chi connectivity index (χ3v) is 10.1. The van der Waals surface area contributed by atoms with Gasteiger partial charge in [0.1, 0.15) is 0 Å². The van der Waals surface area contributed by atoms with Crippen molar-refractivity contribution in [3.63, 3.8) is 0 Å². The van der Waals surface area contributed by atoms with Crippen molar-refractivity contribution in [3.05, 3.63) is 158 Å². The Kier molecular flexibility index (Phi) is 5.54. The first-order chi connectivity index (χ1) is 21.4. The van der Waals surface area contributed by atoms with Crippen molar-refractivity contribution in [2.75, 3.05) is 0 Å². The van der Waals surface area contributed by atoms with Gasteiger partial charge in [-0.05, 0) is 82.9 Å². The Bertz CT molecular complexity index is 2300. The highest BCUT2D eigenvalue weighted by Gasteiger charge is 2.24. The Hall–Kier alpha value is -5.11. The molecule has 1 aliphatic rings. The maximum Gasteiger partial charge on any atom is 0.0280 e. The predicted octanol–water partition coefficient (Wildman–Crippen LogP) is 12.3. The van der Waals surface area contributed by atoms with Crippen molar-refractivity contribution in [2.45, 2.75) is 9.79 Å². The maximum atomic E-state index is 2.33. The number of hydrogen-bond donors (Lipinski definition) is 0. The Morgan fingerprint density at radius 2 is 0.814 bits per heavy atom. The molecule has 0 aliphatic carbocycles. The average molecular weight is 563 g/mol. The molecular formula is C42H26S. The van der Waals surface area contributed by atoms with E-state index in [9.17, 15) is 0 Å². The molecule has 0 atom stereocenters. The van der Waals surface area contributed by atoms with Gasteiger partial charge in [0, 0.05) is 9.79 Å². The van der Waals surface area contributed by atoms with Crippen LogP contribution in [0, 0.1) is 0 Å². The second-order valence-corrected chi connectivity index (χ2v) is 12.2. The summed E-state index contributed by atoms with van der Waals surface area (Å²) < 4.78 is 0. The lowest BCUT2D eigenvalue weighted by Crippen LogP contribution is -1.96. The topological polar surface area (TPSA) is 0 Å². The predicted molar refractivity (Wildman–Crippen MR) is 185 cm³/mol. The van der Waals surface area contributed by atoms with Gasteiger partial charge in [-0.25, -0.2) is 0 Å². The fourth-order valence-electron chi connectivity index (χ4n) is 7.07. The van der Waals surface area contributed by atoms with E-state index in [1.165, 1.54) is 86.6 Å². The summed E-state index contributed by atoms with van der Waals surface area (Å²) >= 11 is 1.90. The van der Waals surface area contributed by atoms with Crippen molar-refractivity contribution < 1.29 is 0 Å². The summed E-state index contributed by atoms with van der Waals surface area (Å²) in [6, 6.07) is 58.0. The summed E-state index contributed by atoms with van der Waals surface area (Å²) in [4.78, 5) is 2.59. The molecule has 1 aliphatic heterocycles. The summed E-state index contributed by atoms with van der Waals surface area (Å²) in [5.74, 6) is 0. The molecule has 0 amide bonds. The van der Waals surface area contributed by atoms with Crippen LogP contribution in [0.2, 0.25) is 0 Å². The fraction of sp³-hybridized carbons (Fsp3) is 0. The van der Waals surface area contributed by atoms with E-state index in [4.69, 9.17) is 0 Å². The molecule has 1 heterocycles. The molecular weight excluding hydrogens is 537 g/mol. The molecule has 0 fully saturated rings. The Labute approximate surface area is 255 Å². The molecule has 0 saturated carbocycles. The maximum absolute atomic E-state index is 2.33. The lowest BCUT2D eigenvalue weighted by molar-refractivity contribution is 1.39. The van der Waals surface area contributed by atoms with Crippen LogP contribution in [0.25, 0.3) is 76.8 Å². The van der Waals surface area contributed by atoms with Crippen molar-refractivity contribution in [1.82, 2.24) is 0 Å². The fourth-order valence-corrected chi connectivity index (χ4v) is 8.29. The van der Waals surface area contributed by atoms with Crippen LogP contribution >= 0.6 is 11.8 Å². The van der Waals surface area contributed by atoms with Crippen LogP contribution in [0.5, 0.6) is 0 Å². The zero-order valence-corrected chi connectivity index (χ0v) is 24.2. The number of rotatable bonds is 2. The zero-order chi connectivity index (χ0) is 28.3. The molecule has 0 radical (unpaired) electrons. The largest absolute Gasteiger partial charge is 0.0881 e. The lowest BCUT2D eigenvalue weighted by atomic mass is 9.85. The summed E-state index contributed by atoms with van der Waals surface area (Å²) in [7, 11) is 0. The van der Waals surface area contributed by atoms with Gasteiger partial charge in [-0.1, -0.05) is 163 Å². The molecule has 0 unspecified atom stereocenters. The second-order valence-electron chi connectivity index (χ2n) is 11.2. The standard InChI is InChI=1S/C42H26S/c1-2-13-27(14-3-1)40-31-18-4-6-20-33(31)41(34-21-7-5-19-32(34)40)37-25-12-24-36-35-23-11-16-28-15-10-22-30(39(28)35)29-17-8-9-26-38(29)43-42(36)37/h1-26H. The van der Waals surface area contributed by atoms with Crippen LogP contribution in [0.15, 0.2) is 168 Å². The number of fused-ring (bicyclic) bond motifs is 6. The van der Waals surface area contributed by atoms with Gasteiger partial charge in [-0.2, -0.15) is 0 Å². The van der Waals surface area contributed by atoms with Crippen LogP contribution in [-0.2, 0) is 0 Å². The highest BCUT2D eigenvalue weighted by atomic mass is 32.2. The SMILES string of the molecule is c1ccc(-c2c3ccccc3c(-c3cccc4c3Sc3ccccc3-c3cccc5cccc-4c35)c3ccccc23)cc1. The first-order valence-electron chi connectivity index (χ1n) is 14.8. The normalized spacial score (nSPS) is 12.1. The van der Waals surface area contributed by atoms with Crippen LogP contribution in [0.1, 0.15) is 0 Å². The molecule has 0 spiro atoms. The summed E-state index contributed by atoms with van der Waals surface area (Å²) in [5.41, 5.74) is 10.3. The smallest absolute Gasteiger partial charge is 0.0280 e. The number of hydrogen-bond acceptors (Lipinski definition) is 1. The second kappa shape index (κ2) is 9.73. The molecule has 0 nitrogen and oxygen atoms in total. The Morgan fingerprint density at radius 3 is 1.51 bits per heavy atom. The summed E-state index contributed by atoms with van der Waals surface area (Å²) in [6.45, 7) is 0. The monoisotopic (exact) mass is 562 g/mol. The van der Waals surface area contributed by atoms with Crippen LogP contribution in [0.3, 0.4) is 0 Å². The van der Waals surface area contributed by atoms with E-state index in [0.29, 0.717) is 0 Å². The van der Waals surface area contributed by atoms with Gasteiger partial charge >= 0.3 is 0 Å². The van der Waals surface area contributed by atoms with E-state index in [-0.39, 0.29) is 0 Å². The Morgan fingerprint density at radius 1 is 0.326 bits per heavy atom. The van der Waals surface area contributed by atoms with E-state index in [0.717, 1.165) is 0 Å². The minimum atomic E-state index is 1.25. The molecule has 0 aromatic heterocycles. The quantitative estimate of drug-likeness (QED) is 0.189. The highest BCUT2D eigenvalue weighted by molar-refractivity contribution is 7.99. The average Bonchev–Trinajstić information content (AvgIpc) is 3.07. The molecule has 9 rings (SSSR count). The van der Waals surface area contributed by atoms with Gasteiger partial charge in [-0.3, -0.25) is 0 Å². The van der Waals surface area contributed by atoms with Crippen LogP contribution in [0.4, 0.5) is 0 Å². The highest BCUT2D eigenvalue weighted by Crippen LogP contribution is 2.53. The zero-order valence-electron chi connectivity index (χ0n) is 23.4. The third kappa shape index (κ3) is 3.72. The molecule has 200 valence electrons. The van der Waals surface area contributed by atoms with Crippen LogP contribution in [-0.4, -0.2) is 0 Å².